The Morgan fingerprint density at radius 3 is 2.85 bits per heavy atom. The Labute approximate surface area is 159 Å². The molecule has 0 unspecified atom stereocenters. The average Bonchev–Trinajstić information content (AvgIpc) is 3.12. The van der Waals surface area contributed by atoms with Crippen LogP contribution in [0.1, 0.15) is 26.7 Å². The van der Waals surface area contributed by atoms with Crippen molar-refractivity contribution in [2.45, 2.75) is 39.3 Å². The molecule has 1 amide bonds. The Bertz CT molecular complexity index is 984. The molecule has 1 aliphatic carbocycles. The number of hydrogen-bond donors (Lipinski definition) is 0. The molecule has 3 aromatic heterocycles. The quantitative estimate of drug-likeness (QED) is 0.646. The second-order valence-electron chi connectivity index (χ2n) is 7.16. The van der Waals surface area contributed by atoms with Gasteiger partial charge in [-0.15, -0.1) is 22.7 Å². The first-order valence-corrected chi connectivity index (χ1v) is 10.6. The predicted octanol–water partition coefficient (Wildman–Crippen LogP) is 3.83. The summed E-state index contributed by atoms with van der Waals surface area (Å²) >= 11 is 3.07. The van der Waals surface area contributed by atoms with Crippen LogP contribution < -0.4 is 5.56 Å². The van der Waals surface area contributed by atoms with Crippen LogP contribution in [0.2, 0.25) is 0 Å². The maximum absolute atomic E-state index is 13.0. The van der Waals surface area contributed by atoms with Gasteiger partial charge in [0, 0.05) is 28.4 Å². The molecule has 0 radical (unpaired) electrons. The maximum atomic E-state index is 13.0. The minimum Gasteiger partial charge on any atom is -0.338 e. The number of hydrogen-bond acceptors (Lipinski definition) is 5. The van der Waals surface area contributed by atoms with Gasteiger partial charge in [-0.2, -0.15) is 0 Å². The summed E-state index contributed by atoms with van der Waals surface area (Å²) in [7, 11) is 0. The Balaban J connectivity index is 1.66. The van der Waals surface area contributed by atoms with Crippen molar-refractivity contribution >= 4 is 38.8 Å². The first-order valence-electron chi connectivity index (χ1n) is 8.84. The average molecular weight is 388 g/mol. The van der Waals surface area contributed by atoms with Crippen LogP contribution in [0, 0.1) is 5.92 Å². The molecule has 0 aromatic carbocycles. The maximum Gasteiger partial charge on any atom is 0.263 e. The molecule has 0 bridgehead atoms. The zero-order chi connectivity index (χ0) is 18.3. The molecule has 0 atom stereocenters. The lowest BCUT2D eigenvalue weighted by Crippen LogP contribution is -2.40. The van der Waals surface area contributed by atoms with Crippen LogP contribution in [0.4, 0.5) is 0 Å². The summed E-state index contributed by atoms with van der Waals surface area (Å²) in [5.74, 6) is 0.427. The first kappa shape index (κ1) is 17.4. The van der Waals surface area contributed by atoms with Gasteiger partial charge in [-0.3, -0.25) is 14.2 Å². The molecule has 0 N–H and O–H groups in total. The first-order chi connectivity index (χ1) is 12.5. The molecule has 1 saturated carbocycles. The van der Waals surface area contributed by atoms with E-state index in [4.69, 9.17) is 0 Å². The molecule has 5 nitrogen and oxygen atoms in total. The Morgan fingerprint density at radius 1 is 1.38 bits per heavy atom. The van der Waals surface area contributed by atoms with E-state index in [1.165, 1.54) is 22.2 Å². The van der Waals surface area contributed by atoms with Gasteiger partial charge >= 0.3 is 0 Å². The predicted molar refractivity (Wildman–Crippen MR) is 107 cm³/mol. The summed E-state index contributed by atoms with van der Waals surface area (Å²) in [6, 6.07) is 4.33. The van der Waals surface area contributed by atoms with E-state index >= 15 is 0 Å². The van der Waals surface area contributed by atoms with Crippen molar-refractivity contribution in [1.29, 1.82) is 0 Å². The highest BCUT2D eigenvalue weighted by Gasteiger charge is 2.33. The standard InChI is InChI=1S/C19H21N3O2S2/c1-12(2)8-22(13-5-6-13)16(23)9-21-11-20-18-17(19(21)24)14(10-26-18)15-4-3-7-25-15/h3-4,7,10-13H,5-6,8-9H2,1-2H3. The van der Waals surface area contributed by atoms with Crippen molar-refractivity contribution in [2.75, 3.05) is 6.54 Å². The summed E-state index contributed by atoms with van der Waals surface area (Å²) in [6.07, 6.45) is 3.65. The molecule has 1 fully saturated rings. The van der Waals surface area contributed by atoms with Crippen LogP contribution in [0.5, 0.6) is 0 Å². The number of rotatable bonds is 6. The van der Waals surface area contributed by atoms with Crippen molar-refractivity contribution in [3.8, 4) is 10.4 Å². The Morgan fingerprint density at radius 2 is 2.19 bits per heavy atom. The van der Waals surface area contributed by atoms with Gasteiger partial charge < -0.3 is 4.90 Å². The van der Waals surface area contributed by atoms with E-state index in [2.05, 4.69) is 18.8 Å². The molecule has 3 aromatic rings. The highest BCUT2D eigenvalue weighted by Crippen LogP contribution is 2.33. The molecule has 7 heteroatoms. The van der Waals surface area contributed by atoms with Crippen molar-refractivity contribution in [1.82, 2.24) is 14.5 Å². The van der Waals surface area contributed by atoms with Crippen LogP contribution >= 0.6 is 22.7 Å². The Kier molecular flexibility index (Phi) is 4.67. The van der Waals surface area contributed by atoms with E-state index in [0.717, 1.165) is 34.7 Å². The van der Waals surface area contributed by atoms with Gasteiger partial charge in [-0.05, 0) is 30.2 Å². The number of carbonyl (C=O) groups is 1. The van der Waals surface area contributed by atoms with Gasteiger partial charge in [0.05, 0.1) is 11.7 Å². The second-order valence-corrected chi connectivity index (χ2v) is 8.96. The number of fused-ring (bicyclic) bond motifs is 1. The monoisotopic (exact) mass is 387 g/mol. The highest BCUT2D eigenvalue weighted by atomic mass is 32.1. The topological polar surface area (TPSA) is 55.2 Å². The van der Waals surface area contributed by atoms with Crippen LogP contribution in [0.3, 0.4) is 0 Å². The van der Waals surface area contributed by atoms with Crippen LogP contribution in [0.15, 0.2) is 34.0 Å². The number of carbonyl (C=O) groups excluding carboxylic acids is 1. The molecule has 0 spiro atoms. The zero-order valence-electron chi connectivity index (χ0n) is 14.8. The van der Waals surface area contributed by atoms with Gasteiger partial charge in [-0.1, -0.05) is 19.9 Å². The van der Waals surface area contributed by atoms with Gasteiger partial charge in [0.1, 0.15) is 11.4 Å². The van der Waals surface area contributed by atoms with Gasteiger partial charge in [0.2, 0.25) is 5.91 Å². The lowest BCUT2D eigenvalue weighted by molar-refractivity contribution is -0.133. The van der Waals surface area contributed by atoms with E-state index in [1.807, 2.05) is 27.8 Å². The summed E-state index contributed by atoms with van der Waals surface area (Å²) in [5.41, 5.74) is 0.786. The normalized spacial score (nSPS) is 14.3. The molecule has 3 heterocycles. The molecule has 136 valence electrons. The van der Waals surface area contributed by atoms with Crippen molar-refractivity contribution in [2.24, 2.45) is 5.92 Å². The minimum atomic E-state index is -0.131. The summed E-state index contributed by atoms with van der Waals surface area (Å²) < 4.78 is 1.46. The highest BCUT2D eigenvalue weighted by molar-refractivity contribution is 7.18. The third-order valence-corrected chi connectivity index (χ3v) is 6.31. The second kappa shape index (κ2) is 6.96. The van der Waals surface area contributed by atoms with Gasteiger partial charge in [0.15, 0.2) is 0 Å². The summed E-state index contributed by atoms with van der Waals surface area (Å²) in [4.78, 5) is 34.0. The molecule has 4 rings (SSSR count). The number of amides is 1. The molecular formula is C19H21N3O2S2. The van der Waals surface area contributed by atoms with Crippen molar-refractivity contribution in [3.63, 3.8) is 0 Å². The van der Waals surface area contributed by atoms with Gasteiger partial charge in [-0.25, -0.2) is 4.98 Å². The fraction of sp³-hybridized carbons (Fsp3) is 0.421. The minimum absolute atomic E-state index is 0.0114. The van der Waals surface area contributed by atoms with E-state index in [9.17, 15) is 9.59 Å². The third kappa shape index (κ3) is 3.33. The lowest BCUT2D eigenvalue weighted by atomic mass is 10.2. The van der Waals surface area contributed by atoms with E-state index in [0.29, 0.717) is 17.3 Å². The number of thiophene rings is 2. The fourth-order valence-corrected chi connectivity index (χ4v) is 4.88. The molecule has 26 heavy (non-hydrogen) atoms. The molecule has 0 aliphatic heterocycles. The molecular weight excluding hydrogens is 366 g/mol. The number of aromatic nitrogens is 2. The van der Waals surface area contributed by atoms with E-state index in [1.54, 1.807) is 11.3 Å². The molecule has 0 saturated heterocycles. The molecule has 1 aliphatic rings. The SMILES string of the molecule is CC(C)CN(C(=O)Cn1cnc2scc(-c3cccs3)c2c1=O)C1CC1. The third-order valence-electron chi connectivity index (χ3n) is 4.52. The van der Waals surface area contributed by atoms with Crippen LogP contribution in [-0.4, -0.2) is 32.9 Å². The largest absolute Gasteiger partial charge is 0.338 e. The van der Waals surface area contributed by atoms with E-state index < -0.39 is 0 Å². The van der Waals surface area contributed by atoms with Crippen molar-refractivity contribution < 1.29 is 4.79 Å². The van der Waals surface area contributed by atoms with E-state index in [-0.39, 0.29) is 18.0 Å². The fourth-order valence-electron chi connectivity index (χ4n) is 3.16. The summed E-state index contributed by atoms with van der Waals surface area (Å²) in [6.45, 7) is 5.03. The van der Waals surface area contributed by atoms with Crippen molar-refractivity contribution in [3.05, 3.63) is 39.6 Å². The van der Waals surface area contributed by atoms with Crippen LogP contribution in [0.25, 0.3) is 20.7 Å². The van der Waals surface area contributed by atoms with Crippen LogP contribution in [-0.2, 0) is 11.3 Å². The smallest absolute Gasteiger partial charge is 0.263 e. The lowest BCUT2D eigenvalue weighted by Gasteiger charge is -2.24. The number of nitrogens with zero attached hydrogens (tertiary/aromatic N) is 3. The van der Waals surface area contributed by atoms with Gasteiger partial charge in [0.25, 0.3) is 5.56 Å². The summed E-state index contributed by atoms with van der Waals surface area (Å²) in [5, 5.41) is 4.60. The Hall–Kier alpha value is -1.99. The zero-order valence-corrected chi connectivity index (χ0v) is 16.5.